The molecule has 0 aliphatic carbocycles. The summed E-state index contributed by atoms with van der Waals surface area (Å²) >= 11 is 0. The van der Waals surface area contributed by atoms with E-state index in [-0.39, 0.29) is 0 Å². The van der Waals surface area contributed by atoms with Crippen LogP contribution in [0.3, 0.4) is 0 Å². The van der Waals surface area contributed by atoms with E-state index in [0.717, 1.165) is 66.0 Å². The van der Waals surface area contributed by atoms with Crippen LogP contribution in [0.25, 0.3) is 66.4 Å². The van der Waals surface area contributed by atoms with Crippen LogP contribution < -0.4 is 5.46 Å². The van der Waals surface area contributed by atoms with E-state index in [9.17, 15) is 5.11 Å². The van der Waals surface area contributed by atoms with Crippen molar-refractivity contribution < 1.29 is 18.6 Å². The Balaban J connectivity index is 1.24. The summed E-state index contributed by atoms with van der Waals surface area (Å²) in [6.45, 7) is 7.35. The molecule has 0 atom stereocenters. The van der Waals surface area contributed by atoms with E-state index in [4.69, 9.17) is 18.5 Å². The average Bonchev–Trinajstić information content (AvgIpc) is 3.55. The van der Waals surface area contributed by atoms with Crippen LogP contribution in [0.1, 0.15) is 27.7 Å². The van der Waals surface area contributed by atoms with Crippen LogP contribution in [0.15, 0.2) is 106 Å². The molecule has 7 aromatic rings. The zero-order valence-electron chi connectivity index (χ0n) is 23.6. The Morgan fingerprint density at radius 3 is 2.22 bits per heavy atom. The van der Waals surface area contributed by atoms with Gasteiger partial charge >= 0.3 is 7.48 Å². The normalized spacial score (nSPS) is 12.6. The van der Waals surface area contributed by atoms with Crippen molar-refractivity contribution in [3.05, 3.63) is 97.1 Å². The molecular weight excluding hydrogens is 509 g/mol. The van der Waals surface area contributed by atoms with E-state index in [1.54, 1.807) is 13.8 Å². The summed E-state index contributed by atoms with van der Waals surface area (Å²) in [5.41, 5.74) is 5.59. The van der Waals surface area contributed by atoms with E-state index in [1.165, 1.54) is 0 Å². The van der Waals surface area contributed by atoms with Crippen molar-refractivity contribution in [1.82, 2.24) is 4.98 Å². The fraction of sp³-hybridized carbons (Fsp3) is 0.171. The lowest BCUT2D eigenvalue weighted by atomic mass is 9.80. The van der Waals surface area contributed by atoms with Crippen LogP contribution in [0.5, 0.6) is 0 Å². The van der Waals surface area contributed by atoms with Gasteiger partial charge in [-0.1, -0.05) is 54.6 Å². The first kappa shape index (κ1) is 25.6. The third-order valence-electron chi connectivity index (χ3n) is 8.34. The fourth-order valence-electron chi connectivity index (χ4n) is 5.20. The first-order valence-electron chi connectivity index (χ1n) is 13.9. The van der Waals surface area contributed by atoms with Gasteiger partial charge in [-0.2, -0.15) is 0 Å². The van der Waals surface area contributed by atoms with Crippen molar-refractivity contribution in [3.8, 4) is 22.6 Å². The van der Waals surface area contributed by atoms with E-state index in [2.05, 4.69) is 54.6 Å². The molecule has 0 radical (unpaired) electrons. The molecule has 0 unspecified atom stereocenters. The molecule has 5 aromatic carbocycles. The number of fused-ring (bicyclic) bond motifs is 5. The Labute approximate surface area is 238 Å². The molecule has 0 saturated carbocycles. The Hall–Kier alpha value is -4.39. The average molecular weight is 539 g/mol. The van der Waals surface area contributed by atoms with Crippen LogP contribution >= 0.6 is 0 Å². The third kappa shape index (κ3) is 4.50. The molecule has 0 spiro atoms. The minimum atomic E-state index is -0.977. The fourth-order valence-corrected chi connectivity index (χ4v) is 5.20. The van der Waals surface area contributed by atoms with Crippen LogP contribution in [0, 0.1) is 0 Å². The number of rotatable bonds is 6. The number of nitrogens with zero attached hydrogens (tertiary/aromatic N) is 1. The molecule has 6 heteroatoms. The predicted molar refractivity (Wildman–Crippen MR) is 168 cm³/mol. The lowest BCUT2D eigenvalue weighted by molar-refractivity contribution is -0.0893. The Kier molecular flexibility index (Phi) is 5.82. The summed E-state index contributed by atoms with van der Waals surface area (Å²) in [4.78, 5) is 4.79. The highest BCUT2D eigenvalue weighted by molar-refractivity contribution is 6.52. The largest absolute Gasteiger partial charge is 0.456 e. The summed E-state index contributed by atoms with van der Waals surface area (Å²) in [7, 11) is 0.368. The smallest absolute Gasteiger partial charge is 0.310 e. The zero-order chi connectivity index (χ0) is 28.4. The van der Waals surface area contributed by atoms with Gasteiger partial charge in [-0.05, 0) is 97.5 Å². The van der Waals surface area contributed by atoms with Gasteiger partial charge in [0.05, 0.1) is 11.2 Å². The van der Waals surface area contributed by atoms with E-state index < -0.39 is 11.2 Å². The molecule has 0 saturated heterocycles. The van der Waals surface area contributed by atoms with Crippen LogP contribution in [0.4, 0.5) is 0 Å². The second-order valence-corrected chi connectivity index (χ2v) is 11.7. The van der Waals surface area contributed by atoms with Crippen LogP contribution in [0.2, 0.25) is 0 Å². The maximum atomic E-state index is 10.5. The Morgan fingerprint density at radius 1 is 0.683 bits per heavy atom. The molecule has 0 aliphatic rings. The lowest BCUT2D eigenvalue weighted by Crippen LogP contribution is -2.49. The molecular formula is C35H30BNO4. The molecule has 41 heavy (non-hydrogen) atoms. The highest BCUT2D eigenvalue weighted by Gasteiger charge is 2.35. The predicted octanol–water partition coefficient (Wildman–Crippen LogP) is 7.76. The van der Waals surface area contributed by atoms with E-state index in [0.29, 0.717) is 13.4 Å². The molecule has 2 aromatic heterocycles. The maximum Gasteiger partial charge on any atom is 0.310 e. The summed E-state index contributed by atoms with van der Waals surface area (Å²) in [5.74, 6) is 0.598. The van der Waals surface area contributed by atoms with Gasteiger partial charge < -0.3 is 18.6 Å². The summed E-state index contributed by atoms with van der Waals surface area (Å²) in [5, 5.41) is 14.9. The summed E-state index contributed by atoms with van der Waals surface area (Å²) in [6, 6.07) is 32.9. The van der Waals surface area contributed by atoms with Gasteiger partial charge in [-0.25, -0.2) is 4.98 Å². The zero-order valence-corrected chi connectivity index (χ0v) is 23.6. The second kappa shape index (κ2) is 9.33. The summed E-state index contributed by atoms with van der Waals surface area (Å²) < 4.78 is 18.7. The van der Waals surface area contributed by atoms with Gasteiger partial charge in [-0.15, -0.1) is 0 Å². The van der Waals surface area contributed by atoms with Crippen molar-refractivity contribution in [2.75, 3.05) is 0 Å². The number of hydrogen-bond acceptors (Lipinski definition) is 5. The standard InChI is InChI=1S/C35H30BNO4/c1-34(2,38)35(3,4)41-36-27-13-8-14-29-32(27)26-16-15-24(19-30(26)39-29)21-11-7-12-25(17-21)33-37-28-18-22-9-5-6-10-23(22)20-31(28)40-33/h5-20,36,38H,1-4H3. The minimum Gasteiger partial charge on any atom is -0.456 e. The third-order valence-corrected chi connectivity index (χ3v) is 8.34. The molecule has 5 nitrogen and oxygen atoms in total. The van der Waals surface area contributed by atoms with Crippen molar-refractivity contribution in [2.45, 2.75) is 38.9 Å². The molecule has 0 aliphatic heterocycles. The molecule has 7 rings (SSSR count). The van der Waals surface area contributed by atoms with Gasteiger partial charge in [0.1, 0.15) is 16.7 Å². The minimum absolute atomic E-state index is 0.368. The lowest BCUT2D eigenvalue weighted by Gasteiger charge is -2.37. The van der Waals surface area contributed by atoms with Crippen molar-refractivity contribution in [2.24, 2.45) is 0 Å². The molecule has 202 valence electrons. The number of aromatic nitrogens is 1. The topological polar surface area (TPSA) is 68.6 Å². The van der Waals surface area contributed by atoms with E-state index >= 15 is 0 Å². The van der Waals surface area contributed by atoms with Gasteiger partial charge in [0.15, 0.2) is 5.58 Å². The van der Waals surface area contributed by atoms with E-state index in [1.807, 2.05) is 56.3 Å². The Morgan fingerprint density at radius 2 is 1.41 bits per heavy atom. The SMILES string of the molecule is CC(C)(O)C(C)(C)OBc1cccc2oc3cc(-c4cccc(-c5nc6cc7ccccc7cc6o5)c4)ccc3c12. The van der Waals surface area contributed by atoms with Crippen molar-refractivity contribution in [3.63, 3.8) is 0 Å². The monoisotopic (exact) mass is 539 g/mol. The van der Waals surface area contributed by atoms with Gasteiger partial charge in [0.25, 0.3) is 0 Å². The number of oxazole rings is 1. The quantitative estimate of drug-likeness (QED) is 0.219. The molecule has 0 fully saturated rings. The molecule has 0 bridgehead atoms. The summed E-state index contributed by atoms with van der Waals surface area (Å²) in [6.07, 6.45) is 0. The van der Waals surface area contributed by atoms with Crippen molar-refractivity contribution in [1.29, 1.82) is 0 Å². The van der Waals surface area contributed by atoms with Gasteiger partial charge in [-0.3, -0.25) is 0 Å². The first-order chi connectivity index (χ1) is 19.7. The van der Waals surface area contributed by atoms with Crippen molar-refractivity contribution >= 4 is 56.8 Å². The molecule has 1 N–H and O–H groups in total. The first-order valence-corrected chi connectivity index (χ1v) is 13.9. The highest BCUT2D eigenvalue weighted by atomic mass is 16.5. The number of aliphatic hydroxyl groups is 1. The molecule has 0 amide bonds. The second-order valence-electron chi connectivity index (χ2n) is 11.7. The Bertz CT molecular complexity index is 2030. The van der Waals surface area contributed by atoms with Crippen LogP contribution in [-0.4, -0.2) is 28.8 Å². The molecule has 2 heterocycles. The van der Waals surface area contributed by atoms with Gasteiger partial charge in [0, 0.05) is 16.3 Å². The number of furan rings is 1. The highest BCUT2D eigenvalue weighted by Crippen LogP contribution is 2.34. The van der Waals surface area contributed by atoms with Crippen LogP contribution in [-0.2, 0) is 4.65 Å². The van der Waals surface area contributed by atoms with Gasteiger partial charge in [0.2, 0.25) is 5.89 Å². The number of benzene rings is 5. The number of hydrogen-bond donors (Lipinski definition) is 1. The maximum absolute atomic E-state index is 10.5.